The van der Waals surface area contributed by atoms with E-state index < -0.39 is 6.04 Å². The van der Waals surface area contributed by atoms with Crippen molar-refractivity contribution in [3.05, 3.63) is 65.4 Å². The molecule has 0 saturated heterocycles. The maximum atomic E-state index is 12.7. The van der Waals surface area contributed by atoms with Gasteiger partial charge in [0, 0.05) is 29.3 Å². The van der Waals surface area contributed by atoms with E-state index >= 15 is 0 Å². The molecule has 0 aliphatic heterocycles. The number of amides is 2. The van der Waals surface area contributed by atoms with Crippen LogP contribution in [0.2, 0.25) is 5.02 Å². The zero-order chi connectivity index (χ0) is 21.7. The molecule has 3 aromatic rings. The summed E-state index contributed by atoms with van der Waals surface area (Å²) in [6.07, 6.45) is 3.33. The van der Waals surface area contributed by atoms with Crippen LogP contribution in [0.3, 0.4) is 0 Å². The molecule has 0 fully saturated rings. The summed E-state index contributed by atoms with van der Waals surface area (Å²) in [5.74, 6) is 0.0931. The van der Waals surface area contributed by atoms with E-state index in [4.69, 9.17) is 21.1 Å². The van der Waals surface area contributed by atoms with Crippen molar-refractivity contribution in [3.63, 3.8) is 0 Å². The lowest BCUT2D eigenvalue weighted by Crippen LogP contribution is -2.24. The third kappa shape index (κ3) is 4.72. The van der Waals surface area contributed by atoms with Crippen molar-refractivity contribution >= 4 is 34.8 Å². The average Bonchev–Trinajstić information content (AvgIpc) is 3.27. The monoisotopic (exact) mass is 428 g/mol. The van der Waals surface area contributed by atoms with Gasteiger partial charge < -0.3 is 20.1 Å². The van der Waals surface area contributed by atoms with E-state index in [0.29, 0.717) is 28.4 Å². The zero-order valence-corrected chi connectivity index (χ0v) is 17.4. The number of rotatable bonds is 7. The molecule has 9 heteroatoms. The number of halogens is 1. The van der Waals surface area contributed by atoms with Gasteiger partial charge >= 0.3 is 0 Å². The Morgan fingerprint density at radius 3 is 2.43 bits per heavy atom. The average molecular weight is 429 g/mol. The molecule has 156 valence electrons. The molecule has 3 rings (SSSR count). The zero-order valence-electron chi connectivity index (χ0n) is 16.7. The predicted molar refractivity (Wildman–Crippen MR) is 115 cm³/mol. The highest BCUT2D eigenvalue weighted by Crippen LogP contribution is 2.36. The quantitative estimate of drug-likeness (QED) is 0.593. The maximum Gasteiger partial charge on any atom is 0.255 e. The summed E-state index contributed by atoms with van der Waals surface area (Å²) in [7, 11) is 2.93. The van der Waals surface area contributed by atoms with Gasteiger partial charge in [0.15, 0.2) is 11.5 Å². The van der Waals surface area contributed by atoms with E-state index in [2.05, 4.69) is 15.7 Å². The molecule has 1 heterocycles. The second kappa shape index (κ2) is 9.32. The topological polar surface area (TPSA) is 94.5 Å². The van der Waals surface area contributed by atoms with Crippen LogP contribution in [0.1, 0.15) is 23.3 Å². The Kier molecular flexibility index (Phi) is 6.58. The normalized spacial score (nSPS) is 11.5. The Morgan fingerprint density at radius 2 is 1.80 bits per heavy atom. The number of benzene rings is 2. The molecular formula is C21H21ClN4O4. The van der Waals surface area contributed by atoms with Gasteiger partial charge in [0.1, 0.15) is 6.04 Å². The first-order valence-corrected chi connectivity index (χ1v) is 9.43. The van der Waals surface area contributed by atoms with Gasteiger partial charge in [-0.1, -0.05) is 17.7 Å². The van der Waals surface area contributed by atoms with Gasteiger partial charge in [-0.05, 0) is 43.3 Å². The SMILES string of the molecule is COc1cc(C(=O)Nc2cccc(NC(=O)[C@H](C)n3cccn3)c2)cc(Cl)c1OC. The van der Waals surface area contributed by atoms with Crippen molar-refractivity contribution in [1.82, 2.24) is 9.78 Å². The van der Waals surface area contributed by atoms with E-state index in [9.17, 15) is 9.59 Å². The van der Waals surface area contributed by atoms with Crippen LogP contribution in [0.4, 0.5) is 11.4 Å². The Bertz CT molecular complexity index is 1050. The molecule has 2 N–H and O–H groups in total. The van der Waals surface area contributed by atoms with Crippen molar-refractivity contribution < 1.29 is 19.1 Å². The van der Waals surface area contributed by atoms with Crippen molar-refractivity contribution in [2.24, 2.45) is 0 Å². The van der Waals surface area contributed by atoms with E-state index in [0.717, 1.165) is 0 Å². The van der Waals surface area contributed by atoms with Crippen LogP contribution >= 0.6 is 11.6 Å². The number of carbonyl (C=O) groups is 2. The molecule has 0 bridgehead atoms. The van der Waals surface area contributed by atoms with Crippen LogP contribution in [0.15, 0.2) is 54.9 Å². The summed E-state index contributed by atoms with van der Waals surface area (Å²) in [4.78, 5) is 25.1. The van der Waals surface area contributed by atoms with Crippen LogP contribution in [0.5, 0.6) is 11.5 Å². The summed E-state index contributed by atoms with van der Waals surface area (Å²) < 4.78 is 12.0. The number of carbonyl (C=O) groups excluding carboxylic acids is 2. The highest BCUT2D eigenvalue weighted by atomic mass is 35.5. The molecule has 1 aromatic heterocycles. The first-order valence-electron chi connectivity index (χ1n) is 9.06. The number of nitrogens with zero attached hydrogens (tertiary/aromatic N) is 2. The molecule has 2 amide bonds. The third-order valence-electron chi connectivity index (χ3n) is 4.38. The summed E-state index contributed by atoms with van der Waals surface area (Å²) in [6, 6.07) is 11.1. The van der Waals surface area contributed by atoms with Gasteiger partial charge in [-0.2, -0.15) is 5.10 Å². The molecule has 0 radical (unpaired) electrons. The van der Waals surface area contributed by atoms with Gasteiger partial charge in [0.05, 0.1) is 19.2 Å². The van der Waals surface area contributed by atoms with Gasteiger partial charge in [-0.25, -0.2) is 0 Å². The van der Waals surface area contributed by atoms with Crippen molar-refractivity contribution in [1.29, 1.82) is 0 Å². The second-order valence-corrected chi connectivity index (χ2v) is 6.79. The molecule has 30 heavy (non-hydrogen) atoms. The Balaban J connectivity index is 1.73. The third-order valence-corrected chi connectivity index (χ3v) is 4.67. The van der Waals surface area contributed by atoms with Crippen LogP contribution in [0.25, 0.3) is 0 Å². The first-order chi connectivity index (χ1) is 14.4. The largest absolute Gasteiger partial charge is 0.493 e. The fraction of sp³-hybridized carbons (Fsp3) is 0.190. The van der Waals surface area contributed by atoms with E-state index in [-0.39, 0.29) is 16.8 Å². The van der Waals surface area contributed by atoms with E-state index in [1.165, 1.54) is 26.4 Å². The summed E-state index contributed by atoms with van der Waals surface area (Å²) >= 11 is 6.18. The maximum absolute atomic E-state index is 12.7. The van der Waals surface area contributed by atoms with Gasteiger partial charge in [0.2, 0.25) is 5.91 Å². The summed E-state index contributed by atoms with van der Waals surface area (Å²) in [6.45, 7) is 1.74. The number of hydrogen-bond donors (Lipinski definition) is 2. The molecule has 2 aromatic carbocycles. The second-order valence-electron chi connectivity index (χ2n) is 6.38. The van der Waals surface area contributed by atoms with Crippen LogP contribution in [0, 0.1) is 0 Å². The first kappa shape index (κ1) is 21.2. The fourth-order valence-electron chi connectivity index (χ4n) is 2.80. The number of ether oxygens (including phenoxy) is 2. The van der Waals surface area contributed by atoms with E-state index in [1.807, 2.05) is 0 Å². The van der Waals surface area contributed by atoms with Gasteiger partial charge in [0.25, 0.3) is 5.91 Å². The van der Waals surface area contributed by atoms with Gasteiger partial charge in [-0.15, -0.1) is 0 Å². The highest BCUT2D eigenvalue weighted by Gasteiger charge is 2.17. The molecule has 0 aliphatic carbocycles. The predicted octanol–water partition coefficient (Wildman–Crippen LogP) is 4.01. The molecule has 0 saturated carbocycles. The fourth-order valence-corrected chi connectivity index (χ4v) is 3.09. The number of aromatic nitrogens is 2. The lowest BCUT2D eigenvalue weighted by Gasteiger charge is -2.14. The Morgan fingerprint density at radius 1 is 1.07 bits per heavy atom. The lowest BCUT2D eigenvalue weighted by atomic mass is 10.1. The number of hydrogen-bond acceptors (Lipinski definition) is 5. The Hall–Kier alpha value is -3.52. The van der Waals surface area contributed by atoms with Crippen molar-refractivity contribution in [2.75, 3.05) is 24.9 Å². The van der Waals surface area contributed by atoms with E-state index in [1.54, 1.807) is 54.3 Å². The molecule has 1 atom stereocenters. The summed E-state index contributed by atoms with van der Waals surface area (Å²) in [5.41, 5.74) is 1.36. The van der Waals surface area contributed by atoms with Crippen molar-refractivity contribution in [2.45, 2.75) is 13.0 Å². The van der Waals surface area contributed by atoms with Crippen LogP contribution < -0.4 is 20.1 Å². The number of nitrogens with one attached hydrogen (secondary N) is 2. The number of anilines is 2. The molecular weight excluding hydrogens is 408 g/mol. The van der Waals surface area contributed by atoms with Crippen LogP contribution in [-0.4, -0.2) is 35.8 Å². The minimum atomic E-state index is -0.479. The standard InChI is InChI=1S/C21H21ClN4O4/c1-13(26-9-5-8-23-26)20(27)24-15-6-4-7-16(12-15)25-21(28)14-10-17(22)19(30-3)18(11-14)29-2/h4-13H,1-3H3,(H,24,27)(H,25,28)/t13-/m0/s1. The minimum Gasteiger partial charge on any atom is -0.493 e. The summed E-state index contributed by atoms with van der Waals surface area (Å²) in [5, 5.41) is 9.93. The smallest absolute Gasteiger partial charge is 0.255 e. The van der Waals surface area contributed by atoms with Crippen LogP contribution in [-0.2, 0) is 4.79 Å². The highest BCUT2D eigenvalue weighted by molar-refractivity contribution is 6.32. The molecule has 8 nitrogen and oxygen atoms in total. The van der Waals surface area contributed by atoms with Gasteiger partial charge in [-0.3, -0.25) is 14.3 Å². The molecule has 0 unspecified atom stereocenters. The molecule has 0 aliphatic rings. The number of methoxy groups -OCH3 is 2. The molecule has 0 spiro atoms. The van der Waals surface area contributed by atoms with Crippen molar-refractivity contribution in [3.8, 4) is 11.5 Å². The lowest BCUT2D eigenvalue weighted by molar-refractivity contribution is -0.119. The minimum absolute atomic E-state index is 0.228. The Labute approximate surface area is 178 Å².